The van der Waals surface area contributed by atoms with Crippen molar-refractivity contribution in [3.63, 3.8) is 0 Å². The highest BCUT2D eigenvalue weighted by molar-refractivity contribution is 9.10. The van der Waals surface area contributed by atoms with Gasteiger partial charge in [-0.25, -0.2) is 0 Å². The number of pyridine rings is 1. The van der Waals surface area contributed by atoms with Crippen molar-refractivity contribution < 1.29 is 0 Å². The van der Waals surface area contributed by atoms with Gasteiger partial charge in [0.15, 0.2) is 0 Å². The summed E-state index contributed by atoms with van der Waals surface area (Å²) in [6.07, 6.45) is 5.31. The normalized spacial score (nSPS) is 12.3. The zero-order chi connectivity index (χ0) is 15.2. The fourth-order valence-electron chi connectivity index (χ4n) is 2.31. The maximum atomic E-state index is 4.56. The van der Waals surface area contributed by atoms with E-state index in [2.05, 4.69) is 71.3 Å². The Morgan fingerprint density at radius 1 is 1.33 bits per heavy atom. The summed E-state index contributed by atoms with van der Waals surface area (Å²) in [6, 6.07) is 8.33. The van der Waals surface area contributed by atoms with Gasteiger partial charge in [-0.05, 0) is 31.0 Å². The molecule has 21 heavy (non-hydrogen) atoms. The standard InChI is InChI=1S/C18H23BrN2/c1-4-9-20-12-15(13(2)3)11-14-7-8-17(19)16-6-5-10-21-18(14)16/h5-8,10-11,13,20H,4,9,12H2,1-3H3/b15-11-. The Bertz CT molecular complexity index is 632. The largest absolute Gasteiger partial charge is 0.313 e. The molecule has 1 aromatic carbocycles. The first kappa shape index (κ1) is 16.2. The molecular weight excluding hydrogens is 324 g/mol. The summed E-state index contributed by atoms with van der Waals surface area (Å²) in [7, 11) is 0. The van der Waals surface area contributed by atoms with Crippen LogP contribution in [0, 0.1) is 5.92 Å². The SMILES string of the molecule is CCCNC/C(=C/c1ccc(Br)c2cccnc12)C(C)C. The van der Waals surface area contributed by atoms with E-state index < -0.39 is 0 Å². The zero-order valence-corrected chi connectivity index (χ0v) is 14.6. The molecular formula is C18H23BrN2. The average molecular weight is 347 g/mol. The fourth-order valence-corrected chi connectivity index (χ4v) is 2.76. The fraction of sp³-hybridized carbons (Fsp3) is 0.389. The molecule has 0 aliphatic carbocycles. The van der Waals surface area contributed by atoms with Gasteiger partial charge in [0.05, 0.1) is 5.52 Å². The summed E-state index contributed by atoms with van der Waals surface area (Å²) >= 11 is 3.60. The smallest absolute Gasteiger partial charge is 0.0785 e. The Labute approximate surface area is 135 Å². The monoisotopic (exact) mass is 346 g/mol. The molecule has 1 heterocycles. The molecule has 0 atom stereocenters. The van der Waals surface area contributed by atoms with E-state index in [0.29, 0.717) is 5.92 Å². The van der Waals surface area contributed by atoms with Crippen LogP contribution in [0.1, 0.15) is 32.8 Å². The minimum Gasteiger partial charge on any atom is -0.313 e. The topological polar surface area (TPSA) is 24.9 Å². The van der Waals surface area contributed by atoms with Gasteiger partial charge >= 0.3 is 0 Å². The van der Waals surface area contributed by atoms with Crippen LogP contribution in [-0.4, -0.2) is 18.1 Å². The van der Waals surface area contributed by atoms with Crippen molar-refractivity contribution in [3.8, 4) is 0 Å². The molecule has 0 saturated heterocycles. The van der Waals surface area contributed by atoms with Crippen molar-refractivity contribution in [1.82, 2.24) is 10.3 Å². The second-order valence-electron chi connectivity index (χ2n) is 5.59. The van der Waals surface area contributed by atoms with Gasteiger partial charge in [-0.15, -0.1) is 0 Å². The summed E-state index contributed by atoms with van der Waals surface area (Å²) in [5.74, 6) is 0.525. The molecule has 112 valence electrons. The van der Waals surface area contributed by atoms with Gasteiger partial charge in [-0.2, -0.15) is 0 Å². The van der Waals surface area contributed by atoms with Gasteiger partial charge in [0.25, 0.3) is 0 Å². The van der Waals surface area contributed by atoms with E-state index in [9.17, 15) is 0 Å². The molecule has 0 bridgehead atoms. The van der Waals surface area contributed by atoms with Crippen LogP contribution in [0.2, 0.25) is 0 Å². The molecule has 3 heteroatoms. The van der Waals surface area contributed by atoms with Crippen LogP contribution in [-0.2, 0) is 0 Å². The Morgan fingerprint density at radius 3 is 2.86 bits per heavy atom. The van der Waals surface area contributed by atoms with Crippen molar-refractivity contribution in [2.45, 2.75) is 27.2 Å². The zero-order valence-electron chi connectivity index (χ0n) is 13.0. The number of halogens is 1. The van der Waals surface area contributed by atoms with Crippen molar-refractivity contribution in [3.05, 3.63) is 46.1 Å². The Morgan fingerprint density at radius 2 is 2.14 bits per heavy atom. The third kappa shape index (κ3) is 4.14. The second kappa shape index (κ2) is 7.71. The maximum absolute atomic E-state index is 4.56. The number of nitrogens with zero attached hydrogens (tertiary/aromatic N) is 1. The van der Waals surface area contributed by atoms with Crippen LogP contribution in [0.25, 0.3) is 17.0 Å². The molecule has 2 nitrogen and oxygen atoms in total. The average Bonchev–Trinajstić information content (AvgIpc) is 2.49. The number of hydrogen-bond donors (Lipinski definition) is 1. The van der Waals surface area contributed by atoms with Gasteiger partial charge in [0.1, 0.15) is 0 Å². The summed E-state index contributed by atoms with van der Waals surface area (Å²) in [6.45, 7) is 8.68. The number of nitrogens with one attached hydrogen (secondary N) is 1. The summed E-state index contributed by atoms with van der Waals surface area (Å²) in [5, 5.41) is 4.66. The van der Waals surface area contributed by atoms with Crippen molar-refractivity contribution >= 4 is 32.9 Å². The minimum atomic E-state index is 0.525. The molecule has 0 fully saturated rings. The highest BCUT2D eigenvalue weighted by Crippen LogP contribution is 2.27. The van der Waals surface area contributed by atoms with Crippen molar-refractivity contribution in [1.29, 1.82) is 0 Å². The van der Waals surface area contributed by atoms with Crippen LogP contribution in [0.3, 0.4) is 0 Å². The lowest BCUT2D eigenvalue weighted by Gasteiger charge is -2.13. The van der Waals surface area contributed by atoms with Gasteiger partial charge < -0.3 is 5.32 Å². The van der Waals surface area contributed by atoms with Crippen LogP contribution in [0.5, 0.6) is 0 Å². The lowest BCUT2D eigenvalue weighted by Crippen LogP contribution is -2.19. The maximum Gasteiger partial charge on any atom is 0.0785 e. The second-order valence-corrected chi connectivity index (χ2v) is 6.44. The van der Waals surface area contributed by atoms with Crippen LogP contribution in [0.4, 0.5) is 0 Å². The molecule has 1 aromatic heterocycles. The summed E-state index contributed by atoms with van der Waals surface area (Å²) < 4.78 is 1.10. The highest BCUT2D eigenvalue weighted by atomic mass is 79.9. The molecule has 2 rings (SSSR count). The highest BCUT2D eigenvalue weighted by Gasteiger charge is 2.07. The van der Waals surface area contributed by atoms with Gasteiger partial charge in [0, 0.05) is 28.2 Å². The first-order valence-electron chi connectivity index (χ1n) is 7.58. The van der Waals surface area contributed by atoms with Gasteiger partial charge in [-0.3, -0.25) is 4.98 Å². The number of aromatic nitrogens is 1. The molecule has 0 radical (unpaired) electrons. The van der Waals surface area contributed by atoms with E-state index >= 15 is 0 Å². The molecule has 0 aliphatic rings. The van der Waals surface area contributed by atoms with Crippen molar-refractivity contribution in [2.75, 3.05) is 13.1 Å². The lowest BCUT2D eigenvalue weighted by atomic mass is 9.99. The predicted molar refractivity (Wildman–Crippen MR) is 95.4 cm³/mol. The van der Waals surface area contributed by atoms with Crippen LogP contribution >= 0.6 is 15.9 Å². The first-order valence-corrected chi connectivity index (χ1v) is 8.37. The van der Waals surface area contributed by atoms with E-state index in [1.165, 1.54) is 11.1 Å². The number of hydrogen-bond acceptors (Lipinski definition) is 2. The van der Waals surface area contributed by atoms with E-state index in [4.69, 9.17) is 0 Å². The molecule has 1 N–H and O–H groups in total. The van der Waals surface area contributed by atoms with Gasteiger partial charge in [0.2, 0.25) is 0 Å². The Hall–Kier alpha value is -1.19. The summed E-state index contributed by atoms with van der Waals surface area (Å²) in [5.41, 5.74) is 3.66. The first-order chi connectivity index (χ1) is 10.1. The predicted octanol–water partition coefficient (Wildman–Crippen LogP) is 5.04. The third-order valence-electron chi connectivity index (χ3n) is 3.59. The molecule has 0 aliphatic heterocycles. The van der Waals surface area contributed by atoms with Crippen LogP contribution in [0.15, 0.2) is 40.5 Å². The molecule has 0 unspecified atom stereocenters. The molecule has 2 aromatic rings. The van der Waals surface area contributed by atoms with E-state index in [1.807, 2.05) is 12.3 Å². The van der Waals surface area contributed by atoms with E-state index in [-0.39, 0.29) is 0 Å². The lowest BCUT2D eigenvalue weighted by molar-refractivity contribution is 0.657. The molecule has 0 spiro atoms. The van der Waals surface area contributed by atoms with Crippen LogP contribution < -0.4 is 5.32 Å². The minimum absolute atomic E-state index is 0.525. The third-order valence-corrected chi connectivity index (χ3v) is 4.28. The number of fused-ring (bicyclic) bond motifs is 1. The molecule has 0 saturated carbocycles. The molecule has 0 amide bonds. The van der Waals surface area contributed by atoms with Gasteiger partial charge in [-0.1, -0.05) is 60.5 Å². The Balaban J connectivity index is 2.39. The number of benzene rings is 1. The summed E-state index contributed by atoms with van der Waals surface area (Å²) in [4.78, 5) is 4.56. The van der Waals surface area contributed by atoms with E-state index in [1.54, 1.807) is 0 Å². The number of rotatable bonds is 6. The van der Waals surface area contributed by atoms with E-state index in [0.717, 1.165) is 34.9 Å². The Kier molecular flexibility index (Phi) is 5.95. The quantitative estimate of drug-likeness (QED) is 0.741. The van der Waals surface area contributed by atoms with Crippen molar-refractivity contribution in [2.24, 2.45) is 5.92 Å².